The molecule has 1 atom stereocenters. The van der Waals surface area contributed by atoms with E-state index in [1.54, 1.807) is 25.1 Å². The van der Waals surface area contributed by atoms with Gasteiger partial charge in [0, 0.05) is 12.7 Å². The smallest absolute Gasteiger partial charge is 0.263 e. The maximum Gasteiger partial charge on any atom is 0.263 e. The van der Waals surface area contributed by atoms with Crippen molar-refractivity contribution >= 4 is 40.7 Å². The molecule has 0 aliphatic heterocycles. The van der Waals surface area contributed by atoms with Gasteiger partial charge in [-0.05, 0) is 38.1 Å². The number of carbonyl (C=O) groups excluding carboxylic acids is 2. The molecule has 26 heavy (non-hydrogen) atoms. The van der Waals surface area contributed by atoms with Crippen LogP contribution in [0.25, 0.3) is 0 Å². The van der Waals surface area contributed by atoms with Gasteiger partial charge in [0.15, 0.2) is 6.10 Å². The number of rotatable bonds is 6. The van der Waals surface area contributed by atoms with Gasteiger partial charge in [-0.3, -0.25) is 9.59 Å². The van der Waals surface area contributed by atoms with Gasteiger partial charge in [0.25, 0.3) is 5.91 Å². The second kappa shape index (κ2) is 8.92. The van der Waals surface area contributed by atoms with Gasteiger partial charge in [-0.2, -0.15) is 0 Å². The summed E-state index contributed by atoms with van der Waals surface area (Å²) in [6.07, 6.45) is -0.817. The highest BCUT2D eigenvalue weighted by Crippen LogP contribution is 2.32. The molecule has 138 valence electrons. The van der Waals surface area contributed by atoms with Crippen LogP contribution in [0.2, 0.25) is 10.0 Å². The molecule has 2 aromatic rings. The zero-order valence-corrected chi connectivity index (χ0v) is 16.3. The van der Waals surface area contributed by atoms with E-state index in [0.717, 1.165) is 5.56 Å². The number of amides is 2. The number of aryl methyl sites for hydroxylation is 1. The highest BCUT2D eigenvalue weighted by molar-refractivity contribution is 6.42. The van der Waals surface area contributed by atoms with Crippen LogP contribution in [-0.4, -0.2) is 36.4 Å². The number of likely N-dealkylation sites (N-methyl/N-ethyl adjacent to an activating group) is 1. The molecular formula is C19H20Cl2N2O3. The Balaban J connectivity index is 1.92. The first-order valence-corrected chi connectivity index (χ1v) is 8.75. The molecule has 0 fully saturated rings. The summed E-state index contributed by atoms with van der Waals surface area (Å²) in [7, 11) is 1.54. The van der Waals surface area contributed by atoms with Crippen molar-refractivity contribution in [1.29, 1.82) is 0 Å². The third-order valence-corrected chi connectivity index (χ3v) is 4.46. The van der Waals surface area contributed by atoms with Crippen molar-refractivity contribution in [3.05, 3.63) is 58.1 Å². The minimum Gasteiger partial charge on any atom is -0.479 e. The Morgan fingerprint density at radius 1 is 1.15 bits per heavy atom. The summed E-state index contributed by atoms with van der Waals surface area (Å²) in [6, 6.07) is 12.3. The normalized spacial score (nSPS) is 11.6. The first-order chi connectivity index (χ1) is 12.3. The molecular weight excluding hydrogens is 375 g/mol. The number of anilines is 1. The van der Waals surface area contributed by atoms with Gasteiger partial charge < -0.3 is 15.0 Å². The van der Waals surface area contributed by atoms with E-state index in [1.165, 1.54) is 11.9 Å². The predicted octanol–water partition coefficient (Wildman–Crippen LogP) is 4.17. The van der Waals surface area contributed by atoms with Crippen molar-refractivity contribution in [2.24, 2.45) is 0 Å². The molecule has 2 amide bonds. The molecule has 0 saturated carbocycles. The van der Waals surface area contributed by atoms with Crippen LogP contribution < -0.4 is 10.1 Å². The molecule has 0 unspecified atom stereocenters. The van der Waals surface area contributed by atoms with Crippen LogP contribution in [0, 0.1) is 6.92 Å². The number of halogens is 2. The van der Waals surface area contributed by atoms with Crippen molar-refractivity contribution in [1.82, 2.24) is 4.90 Å². The number of carbonyl (C=O) groups is 2. The lowest BCUT2D eigenvalue weighted by molar-refractivity contribution is -0.139. The van der Waals surface area contributed by atoms with Gasteiger partial charge in [-0.25, -0.2) is 0 Å². The zero-order valence-electron chi connectivity index (χ0n) is 14.8. The third-order valence-electron chi connectivity index (χ3n) is 3.66. The van der Waals surface area contributed by atoms with Gasteiger partial charge in [0.2, 0.25) is 5.91 Å². The Labute approximate surface area is 162 Å². The van der Waals surface area contributed by atoms with E-state index in [0.29, 0.717) is 16.5 Å². The van der Waals surface area contributed by atoms with Crippen LogP contribution in [0.3, 0.4) is 0 Å². The van der Waals surface area contributed by atoms with Crippen molar-refractivity contribution in [3.8, 4) is 5.75 Å². The summed E-state index contributed by atoms with van der Waals surface area (Å²) in [4.78, 5) is 25.8. The lowest BCUT2D eigenvalue weighted by Crippen LogP contribution is -2.42. The van der Waals surface area contributed by atoms with Crippen LogP contribution in [0.1, 0.15) is 12.5 Å². The van der Waals surface area contributed by atoms with Crippen LogP contribution in [0.4, 0.5) is 5.69 Å². The average Bonchev–Trinajstić information content (AvgIpc) is 2.60. The van der Waals surface area contributed by atoms with Gasteiger partial charge >= 0.3 is 0 Å². The van der Waals surface area contributed by atoms with Crippen molar-refractivity contribution < 1.29 is 14.3 Å². The first-order valence-electron chi connectivity index (χ1n) is 8.00. The minimum absolute atomic E-state index is 0.0936. The minimum atomic E-state index is -0.817. The summed E-state index contributed by atoms with van der Waals surface area (Å²) in [5.41, 5.74) is 1.78. The van der Waals surface area contributed by atoms with Crippen LogP contribution in [0.5, 0.6) is 5.75 Å². The Kier molecular flexibility index (Phi) is 6.89. The topological polar surface area (TPSA) is 58.6 Å². The average molecular weight is 395 g/mol. The number of nitrogens with zero attached hydrogens (tertiary/aromatic N) is 1. The summed E-state index contributed by atoms with van der Waals surface area (Å²) >= 11 is 12.0. The van der Waals surface area contributed by atoms with Crippen LogP contribution >= 0.6 is 23.2 Å². The third kappa shape index (κ3) is 5.38. The molecule has 0 aromatic heterocycles. The van der Waals surface area contributed by atoms with E-state index in [1.807, 2.05) is 31.2 Å². The summed E-state index contributed by atoms with van der Waals surface area (Å²) in [5.74, 6) is -0.324. The van der Waals surface area contributed by atoms with Gasteiger partial charge in [0.05, 0.1) is 11.6 Å². The second-order valence-electron chi connectivity index (χ2n) is 5.92. The summed E-state index contributed by atoms with van der Waals surface area (Å²) < 4.78 is 5.58. The summed E-state index contributed by atoms with van der Waals surface area (Å²) in [5, 5.41) is 3.33. The SMILES string of the molecule is Cc1ccc(NC(=O)CN(C)C(=O)[C@@H](C)Oc2cccc(Cl)c2Cl)cc1. The number of ether oxygens (including phenoxy) is 1. The Morgan fingerprint density at radius 3 is 2.46 bits per heavy atom. The predicted molar refractivity (Wildman–Crippen MR) is 104 cm³/mol. The maximum atomic E-state index is 12.4. The van der Waals surface area contributed by atoms with Crippen molar-refractivity contribution in [2.75, 3.05) is 18.9 Å². The quantitative estimate of drug-likeness (QED) is 0.799. The number of hydrogen-bond donors (Lipinski definition) is 1. The number of hydrogen-bond acceptors (Lipinski definition) is 3. The molecule has 2 rings (SSSR count). The van der Waals surface area contributed by atoms with E-state index in [2.05, 4.69) is 5.32 Å². The molecule has 0 aliphatic rings. The van der Waals surface area contributed by atoms with E-state index < -0.39 is 6.10 Å². The molecule has 0 saturated heterocycles. The molecule has 5 nitrogen and oxygen atoms in total. The van der Waals surface area contributed by atoms with Crippen molar-refractivity contribution in [2.45, 2.75) is 20.0 Å². The Morgan fingerprint density at radius 2 is 1.81 bits per heavy atom. The molecule has 0 radical (unpaired) electrons. The van der Waals surface area contributed by atoms with Gasteiger partial charge in [-0.15, -0.1) is 0 Å². The lowest BCUT2D eigenvalue weighted by atomic mass is 10.2. The zero-order chi connectivity index (χ0) is 19.3. The highest BCUT2D eigenvalue weighted by atomic mass is 35.5. The molecule has 0 spiro atoms. The van der Waals surface area contributed by atoms with Gasteiger partial charge in [-0.1, -0.05) is 47.0 Å². The fourth-order valence-corrected chi connectivity index (χ4v) is 2.59. The number of benzene rings is 2. The standard InChI is InChI=1S/C19H20Cl2N2O3/c1-12-7-9-14(10-8-12)22-17(24)11-23(3)19(25)13(2)26-16-6-4-5-15(20)18(16)21/h4-10,13H,11H2,1-3H3,(H,22,24)/t13-/m1/s1. The number of nitrogens with one attached hydrogen (secondary N) is 1. The van der Waals surface area contributed by atoms with Crippen molar-refractivity contribution in [3.63, 3.8) is 0 Å². The fourth-order valence-electron chi connectivity index (χ4n) is 2.26. The molecule has 7 heteroatoms. The lowest BCUT2D eigenvalue weighted by Gasteiger charge is -2.22. The fraction of sp³-hybridized carbons (Fsp3) is 0.263. The first kappa shape index (κ1) is 20.1. The molecule has 0 heterocycles. The molecule has 0 bridgehead atoms. The molecule has 1 N–H and O–H groups in total. The molecule has 2 aromatic carbocycles. The Bertz CT molecular complexity index is 794. The highest BCUT2D eigenvalue weighted by Gasteiger charge is 2.22. The monoisotopic (exact) mass is 394 g/mol. The maximum absolute atomic E-state index is 12.4. The van der Waals surface area contributed by atoms with E-state index in [4.69, 9.17) is 27.9 Å². The van der Waals surface area contributed by atoms with E-state index in [-0.39, 0.29) is 23.4 Å². The van der Waals surface area contributed by atoms with Crippen LogP contribution in [-0.2, 0) is 9.59 Å². The Hall–Kier alpha value is -2.24. The molecule has 0 aliphatic carbocycles. The van der Waals surface area contributed by atoms with Gasteiger partial charge in [0.1, 0.15) is 10.8 Å². The second-order valence-corrected chi connectivity index (χ2v) is 6.71. The van der Waals surface area contributed by atoms with Crippen LogP contribution in [0.15, 0.2) is 42.5 Å². The summed E-state index contributed by atoms with van der Waals surface area (Å²) in [6.45, 7) is 3.46. The van der Waals surface area contributed by atoms with E-state index in [9.17, 15) is 9.59 Å². The van der Waals surface area contributed by atoms with E-state index >= 15 is 0 Å². The largest absolute Gasteiger partial charge is 0.479 e.